The van der Waals surface area contributed by atoms with Gasteiger partial charge in [-0.2, -0.15) is 0 Å². The molecule has 176 valence electrons. The second kappa shape index (κ2) is 10.3. The number of hydrogen-bond donors (Lipinski definition) is 2. The summed E-state index contributed by atoms with van der Waals surface area (Å²) in [6, 6.07) is 18.4. The van der Waals surface area contributed by atoms with E-state index >= 15 is 0 Å². The van der Waals surface area contributed by atoms with E-state index in [-0.39, 0.29) is 28.5 Å². The molecule has 0 aliphatic heterocycles. The minimum Gasteiger partial charge on any atom is -0.478 e. The Hall–Kier alpha value is -3.98. The number of carboxylic acid groups (broad SMARTS) is 1. The number of rotatable bonds is 9. The Bertz CT molecular complexity index is 1330. The molecular weight excluding hydrogens is 456 g/mol. The first-order valence-corrected chi connectivity index (χ1v) is 11.8. The van der Waals surface area contributed by atoms with Crippen LogP contribution in [0.3, 0.4) is 0 Å². The average Bonchev–Trinajstić information content (AvgIpc) is 2.81. The van der Waals surface area contributed by atoms with Crippen molar-refractivity contribution in [3.8, 4) is 0 Å². The van der Waals surface area contributed by atoms with Gasteiger partial charge in [0.25, 0.3) is 10.0 Å². The van der Waals surface area contributed by atoms with Crippen molar-refractivity contribution in [2.45, 2.75) is 25.3 Å². The Morgan fingerprint density at radius 3 is 2.21 bits per heavy atom. The summed E-state index contributed by atoms with van der Waals surface area (Å²) in [7, 11) is -4.13. The van der Waals surface area contributed by atoms with E-state index < -0.39 is 28.4 Å². The number of nitrogens with zero attached hydrogens (tertiary/aromatic N) is 1. The van der Waals surface area contributed by atoms with Crippen LogP contribution in [0.2, 0.25) is 0 Å². The van der Waals surface area contributed by atoms with Crippen LogP contribution in [0.25, 0.3) is 0 Å². The van der Waals surface area contributed by atoms with Crippen LogP contribution in [-0.4, -0.2) is 37.7 Å². The molecule has 0 spiro atoms. The van der Waals surface area contributed by atoms with Crippen LogP contribution < -0.4 is 9.62 Å². The minimum absolute atomic E-state index is 0.00767. The third-order valence-electron chi connectivity index (χ3n) is 5.10. The van der Waals surface area contributed by atoms with Gasteiger partial charge in [0.05, 0.1) is 16.1 Å². The molecule has 0 radical (unpaired) electrons. The summed E-state index contributed by atoms with van der Waals surface area (Å²) in [5, 5.41) is 11.8. The fourth-order valence-corrected chi connectivity index (χ4v) is 4.65. The number of hydrogen-bond acceptors (Lipinski definition) is 5. The number of carbonyl (C=O) groups is 3. The smallest absolute Gasteiger partial charge is 0.335 e. The van der Waals surface area contributed by atoms with Gasteiger partial charge in [-0.3, -0.25) is 13.9 Å². The Morgan fingerprint density at radius 2 is 1.56 bits per heavy atom. The topological polar surface area (TPSA) is 121 Å². The minimum atomic E-state index is -4.13. The third-order valence-corrected chi connectivity index (χ3v) is 6.89. The van der Waals surface area contributed by atoms with Gasteiger partial charge < -0.3 is 10.4 Å². The predicted octanol–water partition coefficient (Wildman–Crippen LogP) is 3.41. The number of aromatic carboxylic acids is 1. The van der Waals surface area contributed by atoms with Gasteiger partial charge in [0, 0.05) is 12.1 Å². The summed E-state index contributed by atoms with van der Waals surface area (Å²) in [5.74, 6) is -1.92. The van der Waals surface area contributed by atoms with E-state index in [1.54, 1.807) is 36.4 Å². The summed E-state index contributed by atoms with van der Waals surface area (Å²) in [6.07, 6.45) is 0. The first-order valence-electron chi connectivity index (χ1n) is 10.4. The van der Waals surface area contributed by atoms with E-state index in [0.29, 0.717) is 11.1 Å². The van der Waals surface area contributed by atoms with Crippen molar-refractivity contribution in [1.82, 2.24) is 5.32 Å². The normalized spacial score (nSPS) is 11.0. The number of anilines is 1. The highest BCUT2D eigenvalue weighted by Gasteiger charge is 2.27. The van der Waals surface area contributed by atoms with Crippen molar-refractivity contribution < 1.29 is 27.9 Å². The van der Waals surface area contributed by atoms with Crippen LogP contribution in [-0.2, 0) is 21.4 Å². The van der Waals surface area contributed by atoms with Crippen LogP contribution >= 0.6 is 0 Å². The van der Waals surface area contributed by atoms with Gasteiger partial charge in [-0.25, -0.2) is 13.2 Å². The Balaban J connectivity index is 1.89. The lowest BCUT2D eigenvalue weighted by atomic mass is 10.1. The Labute approximate surface area is 197 Å². The highest BCUT2D eigenvalue weighted by Crippen LogP contribution is 2.25. The van der Waals surface area contributed by atoms with E-state index in [1.807, 2.05) is 6.92 Å². The SMILES string of the molecule is CC(=O)c1cccc(N(CC(=O)NCc2cccc(C(=O)O)c2)S(=O)(=O)c2ccc(C)cc2)c1. The maximum Gasteiger partial charge on any atom is 0.335 e. The molecule has 8 nitrogen and oxygen atoms in total. The van der Waals surface area contributed by atoms with Gasteiger partial charge in [0.2, 0.25) is 5.91 Å². The van der Waals surface area contributed by atoms with E-state index in [1.165, 1.54) is 43.3 Å². The second-order valence-electron chi connectivity index (χ2n) is 7.71. The maximum atomic E-state index is 13.5. The largest absolute Gasteiger partial charge is 0.478 e. The van der Waals surface area contributed by atoms with Crippen molar-refractivity contribution >= 4 is 33.4 Å². The van der Waals surface area contributed by atoms with E-state index in [4.69, 9.17) is 5.11 Å². The number of benzene rings is 3. The summed E-state index contributed by atoms with van der Waals surface area (Å²) in [6.45, 7) is 2.69. The van der Waals surface area contributed by atoms with Crippen LogP contribution in [0.15, 0.2) is 77.7 Å². The standard InChI is InChI=1S/C25H24N2O6S/c1-17-9-11-23(12-10-17)34(32,33)27(22-8-4-6-20(14-22)18(2)28)16-24(29)26-15-19-5-3-7-21(13-19)25(30)31/h3-14H,15-16H2,1-2H3,(H,26,29)(H,30,31). The molecule has 0 aliphatic rings. The van der Waals surface area contributed by atoms with Gasteiger partial charge in [0.1, 0.15) is 6.54 Å². The highest BCUT2D eigenvalue weighted by atomic mass is 32.2. The molecule has 3 rings (SSSR count). The van der Waals surface area contributed by atoms with Crippen LogP contribution in [0, 0.1) is 6.92 Å². The summed E-state index contributed by atoms with van der Waals surface area (Å²) < 4.78 is 27.9. The number of nitrogens with one attached hydrogen (secondary N) is 1. The number of ketones is 1. The van der Waals surface area contributed by atoms with E-state index in [2.05, 4.69) is 5.32 Å². The number of amides is 1. The van der Waals surface area contributed by atoms with Gasteiger partial charge in [-0.05, 0) is 55.8 Å². The lowest BCUT2D eigenvalue weighted by Crippen LogP contribution is -2.40. The van der Waals surface area contributed by atoms with Crippen LogP contribution in [0.5, 0.6) is 0 Å². The average molecular weight is 481 g/mol. The molecule has 0 aliphatic carbocycles. The van der Waals surface area contributed by atoms with Gasteiger partial charge in [-0.15, -0.1) is 0 Å². The number of aryl methyl sites for hydroxylation is 1. The highest BCUT2D eigenvalue weighted by molar-refractivity contribution is 7.92. The molecule has 1 amide bonds. The monoisotopic (exact) mass is 480 g/mol. The fourth-order valence-electron chi connectivity index (χ4n) is 3.23. The molecule has 0 unspecified atom stereocenters. The number of carboxylic acids is 1. The number of sulfonamides is 1. The molecule has 0 saturated carbocycles. The molecule has 0 fully saturated rings. The lowest BCUT2D eigenvalue weighted by Gasteiger charge is -2.24. The van der Waals surface area contributed by atoms with Gasteiger partial charge >= 0.3 is 5.97 Å². The predicted molar refractivity (Wildman–Crippen MR) is 127 cm³/mol. The second-order valence-corrected chi connectivity index (χ2v) is 9.58. The zero-order chi connectivity index (χ0) is 24.9. The number of Topliss-reactive ketones (excluding diaryl/α,β-unsaturated/α-hetero) is 1. The summed E-state index contributed by atoms with van der Waals surface area (Å²) in [5.41, 5.74) is 2.00. The van der Waals surface area contributed by atoms with Gasteiger partial charge in [0.15, 0.2) is 5.78 Å². The summed E-state index contributed by atoms with van der Waals surface area (Å²) in [4.78, 5) is 35.8. The van der Waals surface area contributed by atoms with Crippen molar-refractivity contribution in [2.75, 3.05) is 10.8 Å². The van der Waals surface area contributed by atoms with Crippen molar-refractivity contribution in [3.63, 3.8) is 0 Å². The zero-order valence-electron chi connectivity index (χ0n) is 18.7. The molecule has 0 atom stereocenters. The molecule has 9 heteroatoms. The first-order chi connectivity index (χ1) is 16.1. The third kappa shape index (κ3) is 5.87. The van der Waals surface area contributed by atoms with Crippen molar-refractivity contribution in [3.05, 3.63) is 95.1 Å². The molecule has 0 saturated heterocycles. The quantitative estimate of drug-likeness (QED) is 0.453. The molecule has 2 N–H and O–H groups in total. The summed E-state index contributed by atoms with van der Waals surface area (Å²) >= 11 is 0. The molecule has 0 heterocycles. The van der Waals surface area contributed by atoms with Crippen molar-refractivity contribution in [2.24, 2.45) is 0 Å². The van der Waals surface area contributed by atoms with Crippen LogP contribution in [0.4, 0.5) is 5.69 Å². The molecular formula is C25H24N2O6S. The first kappa shape index (κ1) is 24.7. The lowest BCUT2D eigenvalue weighted by molar-refractivity contribution is -0.119. The fraction of sp³-hybridized carbons (Fsp3) is 0.160. The molecule has 3 aromatic carbocycles. The van der Waals surface area contributed by atoms with Crippen LogP contribution in [0.1, 0.15) is 38.8 Å². The Morgan fingerprint density at radius 1 is 0.912 bits per heavy atom. The Kier molecular flexibility index (Phi) is 7.47. The zero-order valence-corrected chi connectivity index (χ0v) is 19.5. The van der Waals surface area contributed by atoms with E-state index in [0.717, 1.165) is 9.87 Å². The molecule has 0 bridgehead atoms. The maximum absolute atomic E-state index is 13.5. The molecule has 3 aromatic rings. The number of carbonyl (C=O) groups excluding carboxylic acids is 2. The van der Waals surface area contributed by atoms with Gasteiger partial charge in [-0.1, -0.05) is 42.0 Å². The van der Waals surface area contributed by atoms with Crippen molar-refractivity contribution in [1.29, 1.82) is 0 Å². The van der Waals surface area contributed by atoms with E-state index in [9.17, 15) is 22.8 Å². The molecule has 34 heavy (non-hydrogen) atoms. The molecule has 0 aromatic heterocycles.